The van der Waals surface area contributed by atoms with Gasteiger partial charge in [0, 0.05) is 26.2 Å². The van der Waals surface area contributed by atoms with Crippen LogP contribution in [-0.2, 0) is 9.53 Å². The number of hydrogen-bond acceptors (Lipinski definition) is 4. The highest BCUT2D eigenvalue weighted by atomic mass is 35.5. The van der Waals surface area contributed by atoms with Crippen molar-refractivity contribution in [3.05, 3.63) is 34.6 Å². The molecular weight excluding hydrogens is 323 g/mol. The molecule has 1 amide bonds. The molecule has 0 aromatic heterocycles. The summed E-state index contributed by atoms with van der Waals surface area (Å²) in [4.78, 5) is 27.7. The van der Waals surface area contributed by atoms with Gasteiger partial charge in [-0.3, -0.25) is 14.5 Å². The maximum atomic E-state index is 13.1. The second-order valence-corrected chi connectivity index (χ2v) is 5.76. The van der Waals surface area contributed by atoms with E-state index >= 15 is 0 Å². The van der Waals surface area contributed by atoms with Gasteiger partial charge in [0.1, 0.15) is 5.82 Å². The van der Waals surface area contributed by atoms with Crippen molar-refractivity contribution in [3.63, 3.8) is 0 Å². The zero-order valence-electron chi connectivity index (χ0n) is 13.1. The summed E-state index contributed by atoms with van der Waals surface area (Å²) < 4.78 is 18.0. The third kappa shape index (κ3) is 4.91. The summed E-state index contributed by atoms with van der Waals surface area (Å²) in [6.07, 6.45) is 0.754. The van der Waals surface area contributed by atoms with Crippen LogP contribution in [0.3, 0.4) is 0 Å². The molecule has 1 aromatic carbocycles. The van der Waals surface area contributed by atoms with Gasteiger partial charge in [0.15, 0.2) is 0 Å². The van der Waals surface area contributed by atoms with Crippen molar-refractivity contribution in [2.45, 2.75) is 13.3 Å². The number of hydrogen-bond donors (Lipinski definition) is 0. The molecule has 1 heterocycles. The molecule has 0 aliphatic carbocycles. The normalized spacial score (nSPS) is 16.0. The van der Waals surface area contributed by atoms with E-state index in [2.05, 4.69) is 0 Å². The maximum absolute atomic E-state index is 13.1. The van der Waals surface area contributed by atoms with E-state index in [0.717, 1.165) is 19.0 Å². The van der Waals surface area contributed by atoms with Gasteiger partial charge in [-0.15, -0.1) is 0 Å². The van der Waals surface area contributed by atoms with Gasteiger partial charge in [-0.25, -0.2) is 4.39 Å². The van der Waals surface area contributed by atoms with Crippen LogP contribution >= 0.6 is 11.6 Å². The lowest BCUT2D eigenvalue weighted by Gasteiger charge is -2.22. The molecule has 5 nitrogen and oxygen atoms in total. The summed E-state index contributed by atoms with van der Waals surface area (Å²) in [5.41, 5.74) is 0.298. The predicted octanol–water partition coefficient (Wildman–Crippen LogP) is 2.19. The van der Waals surface area contributed by atoms with Gasteiger partial charge in [-0.05, 0) is 31.5 Å². The Kier molecular flexibility index (Phi) is 6.36. The fraction of sp³-hybridized carbons (Fsp3) is 0.500. The van der Waals surface area contributed by atoms with Crippen molar-refractivity contribution in [3.8, 4) is 0 Å². The Hall–Kier alpha value is -1.66. The van der Waals surface area contributed by atoms with Crippen LogP contribution in [0.25, 0.3) is 0 Å². The van der Waals surface area contributed by atoms with Gasteiger partial charge in [0.25, 0.3) is 5.91 Å². The standard InChI is InChI=1S/C16H20ClFN2O3/c1-2-23-15(21)11-19-6-3-7-20(9-8-19)16(22)13-5-4-12(18)10-14(13)17/h4-5,10H,2-3,6-9,11H2,1H3. The minimum absolute atomic E-state index is 0.114. The van der Waals surface area contributed by atoms with Crippen LogP contribution in [0.4, 0.5) is 4.39 Å². The Labute approximate surface area is 140 Å². The summed E-state index contributed by atoms with van der Waals surface area (Å²) in [5.74, 6) is -0.940. The Morgan fingerprint density at radius 3 is 2.74 bits per heavy atom. The van der Waals surface area contributed by atoms with Crippen LogP contribution in [-0.4, -0.2) is 61.0 Å². The zero-order valence-corrected chi connectivity index (χ0v) is 13.8. The molecule has 1 fully saturated rings. The molecule has 7 heteroatoms. The fourth-order valence-electron chi connectivity index (χ4n) is 2.55. The van der Waals surface area contributed by atoms with Gasteiger partial charge in [0.2, 0.25) is 0 Å². The first-order valence-corrected chi connectivity index (χ1v) is 8.01. The van der Waals surface area contributed by atoms with Crippen LogP contribution in [0.2, 0.25) is 5.02 Å². The quantitative estimate of drug-likeness (QED) is 0.787. The summed E-state index contributed by atoms with van der Waals surface area (Å²) >= 11 is 5.96. The second-order valence-electron chi connectivity index (χ2n) is 5.35. The molecule has 0 N–H and O–H groups in total. The Bertz CT molecular complexity index is 582. The van der Waals surface area contributed by atoms with E-state index in [4.69, 9.17) is 16.3 Å². The third-order valence-electron chi connectivity index (χ3n) is 3.70. The second kappa shape index (κ2) is 8.26. The lowest BCUT2D eigenvalue weighted by Crippen LogP contribution is -2.37. The van der Waals surface area contributed by atoms with E-state index in [0.29, 0.717) is 31.8 Å². The summed E-state index contributed by atoms with van der Waals surface area (Å²) in [6.45, 7) is 4.74. The van der Waals surface area contributed by atoms with Crippen molar-refractivity contribution in [1.29, 1.82) is 0 Å². The highest BCUT2D eigenvalue weighted by Gasteiger charge is 2.23. The molecule has 1 aliphatic rings. The smallest absolute Gasteiger partial charge is 0.320 e. The number of carbonyl (C=O) groups excluding carboxylic acids is 2. The van der Waals surface area contributed by atoms with E-state index in [9.17, 15) is 14.0 Å². The predicted molar refractivity (Wildman–Crippen MR) is 85.0 cm³/mol. The number of amides is 1. The van der Waals surface area contributed by atoms with Gasteiger partial charge in [-0.1, -0.05) is 11.6 Å². The molecular formula is C16H20ClFN2O3. The van der Waals surface area contributed by atoms with Crippen molar-refractivity contribution in [2.24, 2.45) is 0 Å². The first-order valence-electron chi connectivity index (χ1n) is 7.63. The van der Waals surface area contributed by atoms with Crippen molar-refractivity contribution in [1.82, 2.24) is 9.80 Å². The highest BCUT2D eigenvalue weighted by molar-refractivity contribution is 6.33. The number of rotatable bonds is 4. The number of esters is 1. The fourth-order valence-corrected chi connectivity index (χ4v) is 2.80. The van der Waals surface area contributed by atoms with Crippen LogP contribution in [0.15, 0.2) is 18.2 Å². The van der Waals surface area contributed by atoms with Crippen molar-refractivity contribution >= 4 is 23.5 Å². The first-order chi connectivity index (χ1) is 11.0. The molecule has 0 saturated carbocycles. The van der Waals surface area contributed by atoms with Crippen molar-refractivity contribution in [2.75, 3.05) is 39.3 Å². The molecule has 0 bridgehead atoms. The first kappa shape index (κ1) is 17.7. The average Bonchev–Trinajstić information content (AvgIpc) is 2.72. The monoisotopic (exact) mass is 342 g/mol. The molecule has 0 atom stereocenters. The molecule has 1 saturated heterocycles. The zero-order chi connectivity index (χ0) is 16.8. The highest BCUT2D eigenvalue weighted by Crippen LogP contribution is 2.20. The number of ether oxygens (including phenoxy) is 1. The largest absolute Gasteiger partial charge is 0.465 e. The lowest BCUT2D eigenvalue weighted by atomic mass is 10.2. The molecule has 0 spiro atoms. The molecule has 1 aromatic rings. The third-order valence-corrected chi connectivity index (χ3v) is 4.01. The minimum Gasteiger partial charge on any atom is -0.465 e. The average molecular weight is 343 g/mol. The summed E-state index contributed by atoms with van der Waals surface area (Å²) in [7, 11) is 0. The molecule has 126 valence electrons. The number of carbonyl (C=O) groups is 2. The molecule has 0 radical (unpaired) electrons. The molecule has 23 heavy (non-hydrogen) atoms. The molecule has 0 unspecified atom stereocenters. The van der Waals surface area contributed by atoms with E-state index in [1.54, 1.807) is 11.8 Å². The van der Waals surface area contributed by atoms with E-state index in [1.807, 2.05) is 4.90 Å². The van der Waals surface area contributed by atoms with E-state index < -0.39 is 5.82 Å². The molecule has 1 aliphatic heterocycles. The number of benzene rings is 1. The van der Waals surface area contributed by atoms with E-state index in [1.165, 1.54) is 12.1 Å². The summed E-state index contributed by atoms with van der Waals surface area (Å²) in [6, 6.07) is 3.77. The summed E-state index contributed by atoms with van der Waals surface area (Å²) in [5, 5.41) is 0.114. The lowest BCUT2D eigenvalue weighted by molar-refractivity contribution is -0.144. The maximum Gasteiger partial charge on any atom is 0.320 e. The van der Waals surface area contributed by atoms with E-state index in [-0.39, 0.29) is 23.4 Å². The van der Waals surface area contributed by atoms with Crippen LogP contribution in [0.1, 0.15) is 23.7 Å². The van der Waals surface area contributed by atoms with Crippen LogP contribution in [0.5, 0.6) is 0 Å². The van der Waals surface area contributed by atoms with Gasteiger partial charge in [0.05, 0.1) is 23.7 Å². The van der Waals surface area contributed by atoms with Gasteiger partial charge < -0.3 is 9.64 Å². The Morgan fingerprint density at radius 2 is 2.04 bits per heavy atom. The van der Waals surface area contributed by atoms with Gasteiger partial charge >= 0.3 is 5.97 Å². The topological polar surface area (TPSA) is 49.9 Å². The Morgan fingerprint density at radius 1 is 1.26 bits per heavy atom. The van der Waals surface area contributed by atoms with Crippen LogP contribution < -0.4 is 0 Å². The Balaban J connectivity index is 1.97. The minimum atomic E-state index is -0.469. The number of nitrogens with zero attached hydrogens (tertiary/aromatic N) is 2. The van der Waals surface area contributed by atoms with Crippen molar-refractivity contribution < 1.29 is 18.7 Å². The molecule has 2 rings (SSSR count). The van der Waals surface area contributed by atoms with Gasteiger partial charge in [-0.2, -0.15) is 0 Å². The van der Waals surface area contributed by atoms with Crippen LogP contribution in [0, 0.1) is 5.82 Å². The number of halogens is 2. The SMILES string of the molecule is CCOC(=O)CN1CCCN(C(=O)c2ccc(F)cc2Cl)CC1.